The quantitative estimate of drug-likeness (QED) is 0.923. The minimum absolute atomic E-state index is 0. The van der Waals surface area contributed by atoms with E-state index in [1.807, 2.05) is 18.2 Å². The van der Waals surface area contributed by atoms with Crippen molar-refractivity contribution in [3.8, 4) is 5.75 Å². The smallest absolute Gasteiger partial charge is 0.124 e. The monoisotopic (exact) mass is 318 g/mol. The number of ether oxygens (including phenoxy) is 1. The number of rotatable bonds is 4. The molecule has 1 aliphatic heterocycles. The third kappa shape index (κ3) is 4.01. The summed E-state index contributed by atoms with van der Waals surface area (Å²) in [6.07, 6.45) is 3.67. The molecule has 0 radical (unpaired) electrons. The molecule has 2 N–H and O–H groups in total. The average Bonchev–Trinajstić information content (AvgIpc) is 2.41. The molecule has 1 aliphatic rings. The number of nitrogens with two attached hydrogens (primary N) is 1. The fraction of sp³-hybridized carbons (Fsp3) is 0.600. The van der Waals surface area contributed by atoms with Crippen LogP contribution in [0.5, 0.6) is 5.75 Å². The van der Waals surface area contributed by atoms with Gasteiger partial charge in [0.05, 0.1) is 7.11 Å². The molecule has 2 atom stereocenters. The lowest BCUT2D eigenvalue weighted by atomic mass is 9.96. The number of hydrogen-bond donors (Lipinski definition) is 1. The fourth-order valence-electron chi connectivity index (χ4n) is 2.90. The van der Waals surface area contributed by atoms with Crippen LogP contribution in [-0.4, -0.2) is 30.6 Å². The van der Waals surface area contributed by atoms with Crippen LogP contribution in [0.15, 0.2) is 18.2 Å². The third-order valence-corrected chi connectivity index (χ3v) is 4.28. The summed E-state index contributed by atoms with van der Waals surface area (Å²) in [5.41, 5.74) is 7.18. The van der Waals surface area contributed by atoms with E-state index in [9.17, 15) is 0 Å². The standard InChI is InChI=1S/C15H23ClN2O.ClH/c1-11(17)14-7-3-4-9-18(14)10-12-13(16)6-5-8-15(12)19-2;/h5-6,8,11,14H,3-4,7,9-10,17H2,1-2H3;1H. The van der Waals surface area contributed by atoms with Crippen LogP contribution in [0.2, 0.25) is 5.02 Å². The van der Waals surface area contributed by atoms with E-state index in [-0.39, 0.29) is 18.4 Å². The Balaban J connectivity index is 0.00000200. The van der Waals surface area contributed by atoms with Crippen molar-refractivity contribution in [2.75, 3.05) is 13.7 Å². The Morgan fingerprint density at radius 2 is 2.20 bits per heavy atom. The molecular formula is C15H24Cl2N2O. The molecule has 1 aromatic carbocycles. The Morgan fingerprint density at radius 1 is 1.45 bits per heavy atom. The predicted octanol–water partition coefficient (Wildman–Crippen LogP) is 3.47. The van der Waals surface area contributed by atoms with Crippen molar-refractivity contribution in [3.05, 3.63) is 28.8 Å². The van der Waals surface area contributed by atoms with Crippen molar-refractivity contribution in [1.82, 2.24) is 4.90 Å². The predicted molar refractivity (Wildman–Crippen MR) is 87.0 cm³/mol. The van der Waals surface area contributed by atoms with Gasteiger partial charge in [-0.05, 0) is 38.4 Å². The first-order chi connectivity index (χ1) is 9.13. The van der Waals surface area contributed by atoms with Crippen molar-refractivity contribution in [3.63, 3.8) is 0 Å². The molecule has 1 heterocycles. The van der Waals surface area contributed by atoms with Gasteiger partial charge in [-0.2, -0.15) is 0 Å². The van der Waals surface area contributed by atoms with Crippen molar-refractivity contribution in [1.29, 1.82) is 0 Å². The van der Waals surface area contributed by atoms with Crippen molar-refractivity contribution in [2.24, 2.45) is 5.73 Å². The molecule has 5 heteroatoms. The second-order valence-electron chi connectivity index (χ2n) is 5.31. The lowest BCUT2D eigenvalue weighted by Crippen LogP contribution is -2.48. The number of methoxy groups -OCH3 is 1. The molecule has 0 amide bonds. The van der Waals surface area contributed by atoms with Gasteiger partial charge in [-0.1, -0.05) is 24.1 Å². The summed E-state index contributed by atoms with van der Waals surface area (Å²) in [4.78, 5) is 2.44. The molecule has 0 aromatic heterocycles. The summed E-state index contributed by atoms with van der Waals surface area (Å²) in [6.45, 7) is 3.99. The maximum absolute atomic E-state index is 6.32. The molecular weight excluding hydrogens is 295 g/mol. The van der Waals surface area contributed by atoms with E-state index in [1.165, 1.54) is 19.3 Å². The number of hydrogen-bond acceptors (Lipinski definition) is 3. The van der Waals surface area contributed by atoms with Gasteiger partial charge in [-0.25, -0.2) is 0 Å². The topological polar surface area (TPSA) is 38.5 Å². The van der Waals surface area contributed by atoms with Crippen LogP contribution in [0.4, 0.5) is 0 Å². The fourth-order valence-corrected chi connectivity index (χ4v) is 3.12. The molecule has 1 saturated heterocycles. The van der Waals surface area contributed by atoms with Gasteiger partial charge in [0.2, 0.25) is 0 Å². The summed E-state index contributed by atoms with van der Waals surface area (Å²) in [7, 11) is 1.69. The van der Waals surface area contributed by atoms with Gasteiger partial charge < -0.3 is 10.5 Å². The van der Waals surface area contributed by atoms with E-state index < -0.39 is 0 Å². The maximum Gasteiger partial charge on any atom is 0.124 e. The van der Waals surface area contributed by atoms with Crippen LogP contribution < -0.4 is 10.5 Å². The van der Waals surface area contributed by atoms with E-state index >= 15 is 0 Å². The highest BCUT2D eigenvalue weighted by atomic mass is 35.5. The highest BCUT2D eigenvalue weighted by Crippen LogP contribution is 2.30. The number of likely N-dealkylation sites (tertiary alicyclic amines) is 1. The van der Waals surface area contributed by atoms with Gasteiger partial charge in [-0.3, -0.25) is 4.90 Å². The van der Waals surface area contributed by atoms with Crippen LogP contribution in [0.3, 0.4) is 0 Å². The molecule has 1 aromatic rings. The zero-order chi connectivity index (χ0) is 13.8. The first-order valence-corrected chi connectivity index (χ1v) is 7.32. The van der Waals surface area contributed by atoms with Crippen molar-refractivity contribution < 1.29 is 4.74 Å². The second kappa shape index (κ2) is 8.08. The van der Waals surface area contributed by atoms with Crippen LogP contribution >= 0.6 is 24.0 Å². The minimum atomic E-state index is 0. The molecule has 0 spiro atoms. The zero-order valence-corrected chi connectivity index (χ0v) is 13.7. The first-order valence-electron chi connectivity index (χ1n) is 6.94. The van der Waals surface area contributed by atoms with E-state index in [0.29, 0.717) is 6.04 Å². The molecule has 1 fully saturated rings. The van der Waals surface area contributed by atoms with E-state index in [2.05, 4.69) is 11.8 Å². The Hall–Kier alpha value is -0.480. The lowest BCUT2D eigenvalue weighted by Gasteiger charge is -2.38. The maximum atomic E-state index is 6.32. The number of piperidine rings is 1. The Morgan fingerprint density at radius 3 is 2.85 bits per heavy atom. The largest absolute Gasteiger partial charge is 0.496 e. The highest BCUT2D eigenvalue weighted by Gasteiger charge is 2.26. The van der Waals surface area contributed by atoms with E-state index in [0.717, 1.165) is 29.4 Å². The summed E-state index contributed by atoms with van der Waals surface area (Å²) in [5.74, 6) is 0.862. The molecule has 114 valence electrons. The molecule has 2 rings (SSSR count). The summed E-state index contributed by atoms with van der Waals surface area (Å²) >= 11 is 6.32. The minimum Gasteiger partial charge on any atom is -0.496 e. The molecule has 3 nitrogen and oxygen atoms in total. The Bertz CT molecular complexity index is 426. The zero-order valence-electron chi connectivity index (χ0n) is 12.1. The molecule has 0 aliphatic carbocycles. The van der Waals surface area contributed by atoms with Crippen LogP contribution in [-0.2, 0) is 6.54 Å². The SMILES string of the molecule is COc1cccc(Cl)c1CN1CCCCC1C(C)N.Cl. The van der Waals surface area contributed by atoms with Gasteiger partial charge in [-0.15, -0.1) is 12.4 Å². The molecule has 0 bridgehead atoms. The second-order valence-corrected chi connectivity index (χ2v) is 5.72. The molecule has 20 heavy (non-hydrogen) atoms. The number of nitrogens with zero attached hydrogens (tertiary/aromatic N) is 1. The van der Waals surface area contributed by atoms with Crippen LogP contribution in [0.25, 0.3) is 0 Å². The molecule has 0 saturated carbocycles. The van der Waals surface area contributed by atoms with Gasteiger partial charge in [0.25, 0.3) is 0 Å². The van der Waals surface area contributed by atoms with E-state index in [1.54, 1.807) is 7.11 Å². The van der Waals surface area contributed by atoms with Gasteiger partial charge >= 0.3 is 0 Å². The third-order valence-electron chi connectivity index (χ3n) is 3.93. The Kier molecular flexibility index (Phi) is 7.10. The number of halogens is 2. The van der Waals surface area contributed by atoms with E-state index in [4.69, 9.17) is 22.1 Å². The average molecular weight is 319 g/mol. The number of benzene rings is 1. The van der Waals surface area contributed by atoms with Crippen LogP contribution in [0, 0.1) is 0 Å². The van der Waals surface area contributed by atoms with Gasteiger partial charge in [0.15, 0.2) is 0 Å². The van der Waals surface area contributed by atoms with Crippen molar-refractivity contribution >= 4 is 24.0 Å². The van der Waals surface area contributed by atoms with Crippen molar-refractivity contribution in [2.45, 2.75) is 44.8 Å². The lowest BCUT2D eigenvalue weighted by molar-refractivity contribution is 0.122. The van der Waals surface area contributed by atoms with Crippen LogP contribution in [0.1, 0.15) is 31.7 Å². The summed E-state index contributed by atoms with van der Waals surface area (Å²) in [6, 6.07) is 6.43. The molecule has 2 unspecified atom stereocenters. The van der Waals surface area contributed by atoms with Gasteiger partial charge in [0, 0.05) is 29.2 Å². The Labute approximate surface area is 132 Å². The highest BCUT2D eigenvalue weighted by molar-refractivity contribution is 6.31. The first kappa shape index (κ1) is 17.6. The summed E-state index contributed by atoms with van der Waals surface area (Å²) < 4.78 is 5.42. The van der Waals surface area contributed by atoms with Gasteiger partial charge in [0.1, 0.15) is 5.75 Å². The normalized spacial score (nSPS) is 21.1. The summed E-state index contributed by atoms with van der Waals surface area (Å²) in [5, 5.41) is 0.772.